The van der Waals surface area contributed by atoms with E-state index in [0.29, 0.717) is 6.61 Å². The lowest BCUT2D eigenvalue weighted by Gasteiger charge is -2.20. The fourth-order valence-electron chi connectivity index (χ4n) is 0.387. The van der Waals surface area contributed by atoms with E-state index in [1.54, 1.807) is 0 Å². The molecule has 0 aromatic rings. The Morgan fingerprint density at radius 3 is 1.69 bits per heavy atom. The average Bonchev–Trinajstić information content (AvgIpc) is 2.29. The summed E-state index contributed by atoms with van der Waals surface area (Å²) in [7, 11) is -0.169. The van der Waals surface area contributed by atoms with Crippen molar-refractivity contribution in [2.75, 3.05) is 40.1 Å². The second kappa shape index (κ2) is 11.2. The summed E-state index contributed by atoms with van der Waals surface area (Å²) in [6.45, 7) is -0.633. The van der Waals surface area contributed by atoms with Gasteiger partial charge in [-0.15, -0.1) is 0 Å². The van der Waals surface area contributed by atoms with Crippen molar-refractivity contribution in [3.63, 3.8) is 0 Å². The molecule has 0 spiro atoms. The molecule has 0 rings (SSSR count). The summed E-state index contributed by atoms with van der Waals surface area (Å²) in [6, 6.07) is 0. The molecule has 0 unspecified atom stereocenters. The van der Waals surface area contributed by atoms with E-state index in [1.165, 1.54) is 7.11 Å². The van der Waals surface area contributed by atoms with Crippen LogP contribution in [0.5, 0.6) is 0 Å². The summed E-state index contributed by atoms with van der Waals surface area (Å²) in [5.41, 5.74) is 3.94. The van der Waals surface area contributed by atoms with Gasteiger partial charge in [-0.05, 0) is 0 Å². The average molecular weight is 241 g/mol. The molecule has 0 aliphatic carbocycles. The quantitative estimate of drug-likeness (QED) is 0.197. The summed E-state index contributed by atoms with van der Waals surface area (Å²) in [5, 5.41) is 41.1. The number of hydrogen-bond acceptors (Lipinski definition) is 8. The molecule has 0 bridgehead atoms. The van der Waals surface area contributed by atoms with Crippen molar-refractivity contribution in [2.24, 2.45) is 5.73 Å². The van der Waals surface area contributed by atoms with E-state index < -0.39 is 32.7 Å². The van der Waals surface area contributed by atoms with Crippen LogP contribution >= 0.6 is 0 Å². The molecule has 98 valence electrons. The standard InChI is InChI=1S/C4H11NO3.C3H9BO4/c5-4(1-6,2-7)3-8;1-7-2-3-8-4(5)6/h6-8H,1-3,5H2;5-6H,2-3H2,1H3. The highest BCUT2D eigenvalue weighted by molar-refractivity contribution is 6.32. The molecule has 9 heteroatoms. The zero-order valence-corrected chi connectivity index (χ0v) is 9.24. The monoisotopic (exact) mass is 241 g/mol. The van der Waals surface area contributed by atoms with Gasteiger partial charge in [-0.1, -0.05) is 0 Å². The van der Waals surface area contributed by atoms with Crippen LogP contribution in [-0.2, 0) is 9.39 Å². The Morgan fingerprint density at radius 2 is 1.50 bits per heavy atom. The topological polar surface area (TPSA) is 146 Å². The second-order valence-electron chi connectivity index (χ2n) is 3.03. The molecule has 0 aliphatic heterocycles. The van der Waals surface area contributed by atoms with E-state index in [-0.39, 0.29) is 6.61 Å². The van der Waals surface area contributed by atoms with Gasteiger partial charge in [-0.3, -0.25) is 0 Å². The van der Waals surface area contributed by atoms with Crippen molar-refractivity contribution in [2.45, 2.75) is 5.54 Å². The summed E-state index contributed by atoms with van der Waals surface area (Å²) >= 11 is 0. The molecular formula is C7H20BNO7. The van der Waals surface area contributed by atoms with Crippen LogP contribution in [0.2, 0.25) is 0 Å². The van der Waals surface area contributed by atoms with E-state index in [0.717, 1.165) is 0 Å². The number of nitrogens with two attached hydrogens (primary N) is 1. The van der Waals surface area contributed by atoms with Gasteiger partial charge in [0.2, 0.25) is 0 Å². The van der Waals surface area contributed by atoms with Gasteiger partial charge in [0.15, 0.2) is 0 Å². The molecule has 0 aromatic carbocycles. The minimum absolute atomic E-state index is 0.203. The minimum Gasteiger partial charge on any atom is -0.402 e. The second-order valence-corrected chi connectivity index (χ2v) is 3.03. The third-order valence-corrected chi connectivity index (χ3v) is 1.50. The highest BCUT2D eigenvalue weighted by Gasteiger charge is 2.20. The van der Waals surface area contributed by atoms with Crippen LogP contribution in [-0.4, -0.2) is 78.4 Å². The molecule has 0 aromatic heterocycles. The summed E-state index contributed by atoms with van der Waals surface area (Å²) < 4.78 is 8.81. The van der Waals surface area contributed by atoms with Gasteiger partial charge in [-0.2, -0.15) is 0 Å². The van der Waals surface area contributed by atoms with E-state index in [4.69, 9.17) is 31.1 Å². The van der Waals surface area contributed by atoms with Crippen LogP contribution < -0.4 is 5.73 Å². The lowest BCUT2D eigenvalue weighted by molar-refractivity contribution is 0.0697. The molecule has 0 saturated carbocycles. The van der Waals surface area contributed by atoms with Crippen molar-refractivity contribution in [1.29, 1.82) is 0 Å². The number of methoxy groups -OCH3 is 1. The minimum atomic E-state index is -1.68. The maximum Gasteiger partial charge on any atom is 0.633 e. The molecule has 0 amide bonds. The SMILES string of the molecule is COCCOB(O)O.NC(CO)(CO)CO. The number of rotatable bonds is 7. The number of aliphatic hydroxyl groups excluding tert-OH is 3. The molecule has 0 saturated heterocycles. The third kappa shape index (κ3) is 11.8. The molecule has 0 atom stereocenters. The van der Waals surface area contributed by atoms with Crippen molar-refractivity contribution >= 4 is 7.32 Å². The van der Waals surface area contributed by atoms with Gasteiger partial charge < -0.3 is 40.5 Å². The molecule has 0 fully saturated rings. The van der Waals surface area contributed by atoms with Gasteiger partial charge in [0.25, 0.3) is 0 Å². The van der Waals surface area contributed by atoms with Gasteiger partial charge >= 0.3 is 7.32 Å². The van der Waals surface area contributed by atoms with Crippen LogP contribution in [0.25, 0.3) is 0 Å². The number of aliphatic hydroxyl groups is 3. The number of hydrogen-bond donors (Lipinski definition) is 6. The molecule has 16 heavy (non-hydrogen) atoms. The fourth-order valence-corrected chi connectivity index (χ4v) is 0.387. The van der Waals surface area contributed by atoms with Gasteiger partial charge in [0.1, 0.15) is 0 Å². The Bertz CT molecular complexity index is 136. The summed E-state index contributed by atoms with van der Waals surface area (Å²) in [4.78, 5) is 0. The molecule has 8 nitrogen and oxygen atoms in total. The zero-order valence-electron chi connectivity index (χ0n) is 9.24. The molecule has 0 heterocycles. The van der Waals surface area contributed by atoms with E-state index in [9.17, 15) is 0 Å². The Hall–Kier alpha value is -0.255. The highest BCUT2D eigenvalue weighted by Crippen LogP contribution is 1.93. The lowest BCUT2D eigenvalue weighted by Crippen LogP contribution is -2.50. The molecule has 0 aliphatic rings. The largest absolute Gasteiger partial charge is 0.633 e. The zero-order chi connectivity index (χ0) is 13.0. The van der Waals surface area contributed by atoms with Gasteiger partial charge in [0.05, 0.1) is 38.6 Å². The van der Waals surface area contributed by atoms with Crippen LogP contribution in [0.4, 0.5) is 0 Å². The first-order valence-corrected chi connectivity index (χ1v) is 4.54. The first kappa shape index (κ1) is 18.1. The fraction of sp³-hybridized carbons (Fsp3) is 1.00. The summed E-state index contributed by atoms with van der Waals surface area (Å²) in [6.07, 6.45) is 0. The Morgan fingerprint density at radius 1 is 1.06 bits per heavy atom. The van der Waals surface area contributed by atoms with E-state index >= 15 is 0 Å². The normalized spacial score (nSPS) is 10.7. The predicted molar refractivity (Wildman–Crippen MR) is 56.2 cm³/mol. The Balaban J connectivity index is 0. The first-order chi connectivity index (χ1) is 7.45. The van der Waals surface area contributed by atoms with Crippen molar-refractivity contribution in [3.05, 3.63) is 0 Å². The lowest BCUT2D eigenvalue weighted by atomic mass is 10.1. The maximum atomic E-state index is 8.34. The van der Waals surface area contributed by atoms with E-state index in [1.807, 2.05) is 0 Å². The van der Waals surface area contributed by atoms with Gasteiger partial charge in [0, 0.05) is 7.11 Å². The summed E-state index contributed by atoms with van der Waals surface area (Å²) in [5.74, 6) is 0. The number of ether oxygens (including phenoxy) is 1. The molecular weight excluding hydrogens is 221 g/mol. The molecule has 0 radical (unpaired) electrons. The van der Waals surface area contributed by atoms with Crippen molar-refractivity contribution in [1.82, 2.24) is 0 Å². The molecule has 7 N–H and O–H groups in total. The highest BCUT2D eigenvalue weighted by atomic mass is 16.6. The predicted octanol–water partition coefficient (Wildman–Crippen LogP) is -3.72. The van der Waals surface area contributed by atoms with Crippen molar-refractivity contribution in [3.8, 4) is 0 Å². The maximum absolute atomic E-state index is 8.34. The van der Waals surface area contributed by atoms with Crippen LogP contribution in [0, 0.1) is 0 Å². The van der Waals surface area contributed by atoms with E-state index in [2.05, 4.69) is 9.39 Å². The smallest absolute Gasteiger partial charge is 0.402 e. The van der Waals surface area contributed by atoms with Crippen LogP contribution in [0.15, 0.2) is 0 Å². The Kier molecular flexibility index (Phi) is 12.7. The third-order valence-electron chi connectivity index (χ3n) is 1.50. The first-order valence-electron chi connectivity index (χ1n) is 4.54. The Labute approximate surface area is 94.4 Å². The van der Waals surface area contributed by atoms with Crippen molar-refractivity contribution < 1.29 is 34.8 Å². The van der Waals surface area contributed by atoms with Crippen LogP contribution in [0.1, 0.15) is 0 Å². The van der Waals surface area contributed by atoms with Gasteiger partial charge in [-0.25, -0.2) is 0 Å². The van der Waals surface area contributed by atoms with Crippen LogP contribution in [0.3, 0.4) is 0 Å².